The summed E-state index contributed by atoms with van der Waals surface area (Å²) in [4.78, 5) is 0. The van der Waals surface area contributed by atoms with Crippen molar-refractivity contribution in [2.24, 2.45) is 0 Å². The van der Waals surface area contributed by atoms with E-state index < -0.39 is 8.80 Å². The first-order valence-electron chi connectivity index (χ1n) is 7.51. The van der Waals surface area contributed by atoms with Crippen LogP contribution in [0.4, 0.5) is 0 Å². The average Bonchev–Trinajstić information content (AvgIpc) is 2.46. The summed E-state index contributed by atoms with van der Waals surface area (Å²) in [6, 6.07) is 0.926. The van der Waals surface area contributed by atoms with E-state index in [-0.39, 0.29) is 0 Å². The Morgan fingerprint density at radius 1 is 0.737 bits per heavy atom. The normalized spacial score (nSPS) is 11.7. The van der Waals surface area contributed by atoms with Crippen LogP contribution < -0.4 is 0 Å². The van der Waals surface area contributed by atoms with Gasteiger partial charge in [0.15, 0.2) is 0 Å². The fourth-order valence-electron chi connectivity index (χ4n) is 2.25. The molecule has 114 valence electrons. The minimum Gasteiger partial charge on any atom is -0.377 e. The van der Waals surface area contributed by atoms with Crippen LogP contribution in [0.3, 0.4) is 0 Å². The Hall–Kier alpha value is -0.163. The highest BCUT2D eigenvalue weighted by molar-refractivity contribution is 6.60. The molecule has 0 atom stereocenters. The molecule has 0 aliphatic carbocycles. The Balaban J connectivity index is 3.37. The van der Waals surface area contributed by atoms with Crippen molar-refractivity contribution >= 4 is 8.80 Å². The molecule has 0 bridgehead atoms. The van der Waals surface area contributed by atoms with Gasteiger partial charge in [-0.25, -0.2) is 0 Å². The molecule has 0 unspecified atom stereocenters. The summed E-state index contributed by atoms with van der Waals surface area (Å²) in [6.45, 7) is 3.74. The molecule has 3 nitrogen and oxygen atoms in total. The number of unbranched alkanes of at least 4 members (excludes halogenated alkanes) is 8. The Morgan fingerprint density at radius 2 is 1.16 bits per heavy atom. The molecule has 0 N–H and O–H groups in total. The molecule has 0 aliphatic heterocycles. The molecular formula is C15H32O3Si. The van der Waals surface area contributed by atoms with Crippen LogP contribution in [0, 0.1) is 0 Å². The fourth-order valence-corrected chi connectivity index (χ4v) is 4.04. The Kier molecular flexibility index (Phi) is 12.7. The minimum absolute atomic E-state index is 0.926. The number of allylic oxidation sites excluding steroid dienone is 1. The molecule has 19 heavy (non-hydrogen) atoms. The Morgan fingerprint density at radius 3 is 1.58 bits per heavy atom. The zero-order valence-corrected chi connectivity index (χ0v) is 14.1. The van der Waals surface area contributed by atoms with Crippen molar-refractivity contribution in [3.05, 3.63) is 12.7 Å². The van der Waals surface area contributed by atoms with Gasteiger partial charge in [0.2, 0.25) is 0 Å². The van der Waals surface area contributed by atoms with E-state index in [1.807, 2.05) is 6.08 Å². The first kappa shape index (κ1) is 18.8. The highest BCUT2D eigenvalue weighted by Gasteiger charge is 2.36. The van der Waals surface area contributed by atoms with Crippen LogP contribution in [0.15, 0.2) is 12.7 Å². The molecule has 0 heterocycles. The standard InChI is InChI=1S/C15H32O3Si/c1-5-6-7-8-9-10-11-12-13-14-15-19(16-2,17-3)18-4/h5H,1,6-15H2,2-4H3. The lowest BCUT2D eigenvalue weighted by molar-refractivity contribution is 0.122. The van der Waals surface area contributed by atoms with Crippen LogP contribution in [0.5, 0.6) is 0 Å². The van der Waals surface area contributed by atoms with Gasteiger partial charge in [-0.05, 0) is 19.3 Å². The van der Waals surface area contributed by atoms with E-state index in [0.717, 1.165) is 18.9 Å². The number of hydrogen-bond donors (Lipinski definition) is 0. The van der Waals surface area contributed by atoms with Crippen LogP contribution in [0.1, 0.15) is 57.8 Å². The second-order valence-electron chi connectivity index (χ2n) is 4.95. The predicted molar refractivity (Wildman–Crippen MR) is 83.3 cm³/mol. The lowest BCUT2D eigenvalue weighted by Crippen LogP contribution is -2.42. The van der Waals surface area contributed by atoms with Crippen molar-refractivity contribution in [1.82, 2.24) is 0 Å². The third-order valence-electron chi connectivity index (χ3n) is 3.57. The molecule has 0 aromatic heterocycles. The van der Waals surface area contributed by atoms with E-state index in [1.165, 1.54) is 44.9 Å². The summed E-state index contributed by atoms with van der Waals surface area (Å²) in [5.41, 5.74) is 0. The monoisotopic (exact) mass is 288 g/mol. The van der Waals surface area contributed by atoms with Crippen LogP contribution >= 0.6 is 0 Å². The lowest BCUT2D eigenvalue weighted by Gasteiger charge is -2.24. The highest BCUT2D eigenvalue weighted by atomic mass is 28.4. The van der Waals surface area contributed by atoms with Gasteiger partial charge in [0.25, 0.3) is 0 Å². The van der Waals surface area contributed by atoms with E-state index in [9.17, 15) is 0 Å². The van der Waals surface area contributed by atoms with Crippen molar-refractivity contribution in [2.45, 2.75) is 63.8 Å². The molecule has 0 saturated heterocycles. The zero-order chi connectivity index (χ0) is 14.4. The molecule has 0 spiro atoms. The fraction of sp³-hybridized carbons (Fsp3) is 0.867. The molecule has 0 amide bonds. The summed E-state index contributed by atoms with van der Waals surface area (Å²) in [5.74, 6) is 0. The molecule has 0 rings (SSSR count). The maximum absolute atomic E-state index is 5.41. The number of hydrogen-bond acceptors (Lipinski definition) is 3. The van der Waals surface area contributed by atoms with Crippen molar-refractivity contribution < 1.29 is 13.3 Å². The van der Waals surface area contributed by atoms with Crippen LogP contribution in [0.2, 0.25) is 6.04 Å². The van der Waals surface area contributed by atoms with Gasteiger partial charge in [-0.15, -0.1) is 6.58 Å². The van der Waals surface area contributed by atoms with Crippen molar-refractivity contribution in [3.8, 4) is 0 Å². The summed E-state index contributed by atoms with van der Waals surface area (Å²) in [5, 5.41) is 0. The van der Waals surface area contributed by atoms with Crippen LogP contribution in [-0.2, 0) is 13.3 Å². The Bertz CT molecular complexity index is 197. The van der Waals surface area contributed by atoms with Gasteiger partial charge in [-0.3, -0.25) is 0 Å². The van der Waals surface area contributed by atoms with Gasteiger partial charge in [0.05, 0.1) is 0 Å². The minimum atomic E-state index is -2.32. The van der Waals surface area contributed by atoms with Gasteiger partial charge in [-0.2, -0.15) is 0 Å². The van der Waals surface area contributed by atoms with Crippen molar-refractivity contribution in [1.29, 1.82) is 0 Å². The molecule has 0 aromatic rings. The largest absolute Gasteiger partial charge is 0.500 e. The van der Waals surface area contributed by atoms with Crippen molar-refractivity contribution in [3.63, 3.8) is 0 Å². The molecule has 0 fully saturated rings. The summed E-state index contributed by atoms with van der Waals surface area (Å²) < 4.78 is 16.2. The first-order valence-corrected chi connectivity index (χ1v) is 9.44. The molecule has 4 heteroatoms. The van der Waals surface area contributed by atoms with Crippen LogP contribution in [0.25, 0.3) is 0 Å². The summed E-state index contributed by atoms with van der Waals surface area (Å²) in [7, 11) is 2.73. The average molecular weight is 289 g/mol. The number of rotatable bonds is 14. The second kappa shape index (κ2) is 12.8. The molecule has 0 aromatic carbocycles. The van der Waals surface area contributed by atoms with Gasteiger partial charge < -0.3 is 13.3 Å². The summed E-state index contributed by atoms with van der Waals surface area (Å²) in [6.07, 6.45) is 13.6. The van der Waals surface area contributed by atoms with Gasteiger partial charge >= 0.3 is 8.80 Å². The zero-order valence-electron chi connectivity index (χ0n) is 13.1. The predicted octanol–water partition coefficient (Wildman–Crippen LogP) is 4.56. The lowest BCUT2D eigenvalue weighted by atomic mass is 10.1. The maximum Gasteiger partial charge on any atom is 0.500 e. The molecular weight excluding hydrogens is 256 g/mol. The maximum atomic E-state index is 5.41. The quantitative estimate of drug-likeness (QED) is 0.266. The first-order chi connectivity index (χ1) is 9.24. The third kappa shape index (κ3) is 9.38. The highest BCUT2D eigenvalue weighted by Crippen LogP contribution is 2.18. The van der Waals surface area contributed by atoms with Gasteiger partial charge in [0.1, 0.15) is 0 Å². The van der Waals surface area contributed by atoms with Crippen molar-refractivity contribution in [2.75, 3.05) is 21.3 Å². The SMILES string of the molecule is C=CCCCCCCCCCC[Si](OC)(OC)OC. The molecule has 0 aliphatic rings. The topological polar surface area (TPSA) is 27.7 Å². The Labute approximate surface area is 120 Å². The summed E-state index contributed by atoms with van der Waals surface area (Å²) >= 11 is 0. The van der Waals surface area contributed by atoms with E-state index in [4.69, 9.17) is 13.3 Å². The van der Waals surface area contributed by atoms with Gasteiger partial charge in [-0.1, -0.05) is 44.6 Å². The van der Waals surface area contributed by atoms with E-state index in [0.29, 0.717) is 0 Å². The smallest absolute Gasteiger partial charge is 0.377 e. The van der Waals surface area contributed by atoms with Crippen LogP contribution in [-0.4, -0.2) is 30.1 Å². The van der Waals surface area contributed by atoms with E-state index in [1.54, 1.807) is 21.3 Å². The second-order valence-corrected chi connectivity index (χ2v) is 8.04. The van der Waals surface area contributed by atoms with E-state index in [2.05, 4.69) is 6.58 Å². The van der Waals surface area contributed by atoms with Gasteiger partial charge in [0, 0.05) is 27.4 Å². The third-order valence-corrected chi connectivity index (χ3v) is 6.41. The molecule has 0 saturated carbocycles. The molecule has 0 radical (unpaired) electrons. The van der Waals surface area contributed by atoms with E-state index >= 15 is 0 Å².